The van der Waals surface area contributed by atoms with Crippen LogP contribution < -0.4 is 4.74 Å². The maximum absolute atomic E-state index is 11.9. The third-order valence-corrected chi connectivity index (χ3v) is 7.07. The summed E-state index contributed by atoms with van der Waals surface area (Å²) >= 11 is 0. The molecule has 5 rings (SSSR count). The summed E-state index contributed by atoms with van der Waals surface area (Å²) < 4.78 is 8.23. The first-order valence-corrected chi connectivity index (χ1v) is 11.6. The molecule has 174 valence electrons. The van der Waals surface area contributed by atoms with Crippen LogP contribution in [-0.2, 0) is 17.9 Å². The lowest BCUT2D eigenvalue weighted by atomic mass is 10.1. The monoisotopic (exact) mass is 455 g/mol. The fourth-order valence-electron chi connectivity index (χ4n) is 4.89. The van der Waals surface area contributed by atoms with Gasteiger partial charge in [-0.25, -0.2) is 4.98 Å². The highest BCUT2D eigenvalue weighted by atomic mass is 16.5. The second kappa shape index (κ2) is 8.28. The molecule has 6 nitrogen and oxygen atoms in total. The Bertz CT molecular complexity index is 1370. The van der Waals surface area contributed by atoms with E-state index in [1.54, 1.807) is 0 Å². The Morgan fingerprint density at radius 1 is 1.12 bits per heavy atom. The van der Waals surface area contributed by atoms with Crippen LogP contribution in [0.5, 0.6) is 5.75 Å². The average molecular weight is 456 g/mol. The smallest absolute Gasteiger partial charge is 0.307 e. The van der Waals surface area contributed by atoms with Crippen LogP contribution in [0.25, 0.3) is 11.0 Å². The minimum absolute atomic E-state index is 0.137. The van der Waals surface area contributed by atoms with Gasteiger partial charge in [0.1, 0.15) is 18.2 Å². The first-order valence-electron chi connectivity index (χ1n) is 11.6. The molecule has 1 saturated carbocycles. The van der Waals surface area contributed by atoms with Crippen molar-refractivity contribution in [3.63, 3.8) is 0 Å². The molecule has 2 atom stereocenters. The van der Waals surface area contributed by atoms with E-state index >= 15 is 0 Å². The Kier molecular flexibility index (Phi) is 5.39. The molecule has 34 heavy (non-hydrogen) atoms. The summed E-state index contributed by atoms with van der Waals surface area (Å²) in [6, 6.07) is 18.1. The van der Waals surface area contributed by atoms with Crippen LogP contribution in [0, 0.1) is 25.2 Å². The number of hydrogen-bond acceptors (Lipinski definition) is 4. The topological polar surface area (TPSA) is 77.2 Å². The highest BCUT2D eigenvalue weighted by Gasteiger charge is 2.64. The third kappa shape index (κ3) is 3.94. The zero-order valence-electron chi connectivity index (χ0n) is 19.9. The molecule has 0 radical (unpaired) electrons. The molecule has 1 fully saturated rings. The van der Waals surface area contributed by atoms with Gasteiger partial charge in [0.05, 0.1) is 22.6 Å². The number of hydrogen-bond donors (Lipinski definition) is 1. The van der Waals surface area contributed by atoms with Gasteiger partial charge in [-0.05, 0) is 54.2 Å². The second-order valence-corrected chi connectivity index (χ2v) is 9.86. The van der Waals surface area contributed by atoms with Crippen LogP contribution in [0.2, 0.25) is 0 Å². The van der Waals surface area contributed by atoms with Crippen LogP contribution in [0.3, 0.4) is 0 Å². The standard InChI is InChI=1S/C28H29N3O3/c1-17-9-10-20(29-14-17)16-34-21-11-12-22-23(13-21)31(15-19-8-6-5-7-18(19)2)26(30-22)24-25(27(32)33)28(24,3)4/h5-14,24-25H,15-16H2,1-4H3,(H,32,33). The molecule has 0 saturated heterocycles. The quantitative estimate of drug-likeness (QED) is 0.398. The number of carboxylic acid groups (broad SMARTS) is 1. The lowest BCUT2D eigenvalue weighted by Crippen LogP contribution is -2.08. The Labute approximate surface area is 199 Å². The number of aromatic nitrogens is 3. The number of fused-ring (bicyclic) bond motifs is 1. The van der Waals surface area contributed by atoms with E-state index < -0.39 is 11.9 Å². The molecule has 1 aliphatic rings. The van der Waals surface area contributed by atoms with Gasteiger partial charge in [-0.1, -0.05) is 44.2 Å². The van der Waals surface area contributed by atoms with Gasteiger partial charge < -0.3 is 14.4 Å². The van der Waals surface area contributed by atoms with Gasteiger partial charge in [-0.3, -0.25) is 9.78 Å². The van der Waals surface area contributed by atoms with E-state index in [1.165, 1.54) is 11.1 Å². The fraction of sp³-hybridized carbons (Fsp3) is 0.321. The number of nitrogens with zero attached hydrogens (tertiary/aromatic N) is 3. The molecule has 0 spiro atoms. The van der Waals surface area contributed by atoms with E-state index in [-0.39, 0.29) is 11.3 Å². The summed E-state index contributed by atoms with van der Waals surface area (Å²) in [6.07, 6.45) is 1.84. The summed E-state index contributed by atoms with van der Waals surface area (Å²) in [5.74, 6) is 0.218. The largest absolute Gasteiger partial charge is 0.487 e. The van der Waals surface area contributed by atoms with Crippen molar-refractivity contribution < 1.29 is 14.6 Å². The Morgan fingerprint density at radius 2 is 1.91 bits per heavy atom. The molecule has 2 aromatic carbocycles. The molecule has 0 aliphatic heterocycles. The Morgan fingerprint density at radius 3 is 2.59 bits per heavy atom. The van der Waals surface area contributed by atoms with Crippen molar-refractivity contribution in [2.45, 2.75) is 46.8 Å². The number of rotatable bonds is 7. The summed E-state index contributed by atoms with van der Waals surface area (Å²) in [5.41, 5.74) is 5.80. The maximum atomic E-state index is 11.9. The van der Waals surface area contributed by atoms with Gasteiger partial charge in [0.2, 0.25) is 0 Å². The van der Waals surface area contributed by atoms with Gasteiger partial charge in [0.15, 0.2) is 0 Å². The summed E-state index contributed by atoms with van der Waals surface area (Å²) in [4.78, 5) is 21.3. The average Bonchev–Trinajstić information content (AvgIpc) is 3.22. The molecule has 2 heterocycles. The lowest BCUT2D eigenvalue weighted by Gasteiger charge is -2.13. The minimum atomic E-state index is -0.765. The number of benzene rings is 2. The molecule has 6 heteroatoms. The summed E-state index contributed by atoms with van der Waals surface area (Å²) in [5, 5.41) is 9.80. The number of ether oxygens (including phenoxy) is 1. The van der Waals surface area contributed by atoms with E-state index in [0.717, 1.165) is 33.9 Å². The molecule has 1 aliphatic carbocycles. The SMILES string of the molecule is Cc1ccc(COc2ccc3nc(C4C(C(=O)O)C4(C)C)n(Cc4ccccc4C)c3c2)nc1. The predicted octanol–water partition coefficient (Wildman–Crippen LogP) is 5.50. The number of imidazole rings is 1. The van der Waals surface area contributed by atoms with Crippen LogP contribution in [0.15, 0.2) is 60.8 Å². The van der Waals surface area contributed by atoms with Crippen LogP contribution in [0.4, 0.5) is 0 Å². The second-order valence-electron chi connectivity index (χ2n) is 9.86. The molecule has 0 amide bonds. The number of aliphatic carboxylic acids is 1. The molecular weight excluding hydrogens is 426 g/mol. The first-order chi connectivity index (χ1) is 16.3. The van der Waals surface area contributed by atoms with E-state index in [1.807, 2.05) is 69.4 Å². The fourth-order valence-corrected chi connectivity index (χ4v) is 4.89. The maximum Gasteiger partial charge on any atom is 0.307 e. The molecular formula is C28H29N3O3. The van der Waals surface area contributed by atoms with Gasteiger partial charge in [-0.15, -0.1) is 0 Å². The molecule has 1 N–H and O–H groups in total. The first kappa shape index (κ1) is 22.1. The van der Waals surface area contributed by atoms with Gasteiger partial charge >= 0.3 is 5.97 Å². The number of carbonyl (C=O) groups is 1. The minimum Gasteiger partial charge on any atom is -0.487 e. The van der Waals surface area contributed by atoms with Crippen molar-refractivity contribution in [2.24, 2.45) is 11.3 Å². The number of pyridine rings is 1. The lowest BCUT2D eigenvalue weighted by molar-refractivity contribution is -0.139. The van der Waals surface area contributed by atoms with Crippen molar-refractivity contribution in [3.05, 3.63) is 89.0 Å². The number of aryl methyl sites for hydroxylation is 2. The van der Waals surface area contributed by atoms with E-state index in [9.17, 15) is 9.90 Å². The van der Waals surface area contributed by atoms with Crippen molar-refractivity contribution in [3.8, 4) is 5.75 Å². The Hall–Kier alpha value is -3.67. The molecule has 2 aromatic heterocycles. The van der Waals surface area contributed by atoms with Gasteiger partial charge in [-0.2, -0.15) is 0 Å². The number of carboxylic acids is 1. The zero-order chi connectivity index (χ0) is 24.0. The zero-order valence-corrected chi connectivity index (χ0v) is 19.9. The molecule has 4 aromatic rings. The summed E-state index contributed by atoms with van der Waals surface area (Å²) in [6.45, 7) is 9.13. The van der Waals surface area contributed by atoms with Crippen LogP contribution in [-0.4, -0.2) is 25.6 Å². The third-order valence-electron chi connectivity index (χ3n) is 7.07. The van der Waals surface area contributed by atoms with E-state index in [4.69, 9.17) is 9.72 Å². The van der Waals surface area contributed by atoms with Gasteiger partial charge in [0, 0.05) is 24.7 Å². The Balaban J connectivity index is 1.54. The highest BCUT2D eigenvalue weighted by molar-refractivity contribution is 5.81. The van der Waals surface area contributed by atoms with Crippen molar-refractivity contribution in [1.29, 1.82) is 0 Å². The van der Waals surface area contributed by atoms with Crippen molar-refractivity contribution in [2.75, 3.05) is 0 Å². The molecule has 0 bridgehead atoms. The van der Waals surface area contributed by atoms with Crippen molar-refractivity contribution in [1.82, 2.24) is 14.5 Å². The predicted molar refractivity (Wildman–Crippen MR) is 131 cm³/mol. The van der Waals surface area contributed by atoms with E-state index in [2.05, 4.69) is 28.6 Å². The van der Waals surface area contributed by atoms with E-state index in [0.29, 0.717) is 13.2 Å². The normalized spacial score (nSPS) is 18.7. The van der Waals surface area contributed by atoms with Crippen LogP contribution in [0.1, 0.15) is 48.0 Å². The van der Waals surface area contributed by atoms with Gasteiger partial charge in [0.25, 0.3) is 0 Å². The highest BCUT2D eigenvalue weighted by Crippen LogP contribution is 2.64. The molecule has 2 unspecified atom stereocenters. The summed E-state index contributed by atoms with van der Waals surface area (Å²) in [7, 11) is 0. The van der Waals surface area contributed by atoms with Crippen LogP contribution >= 0.6 is 0 Å². The van der Waals surface area contributed by atoms with Crippen molar-refractivity contribution >= 4 is 17.0 Å².